The number of benzene rings is 2. The number of carbonyl (C=O) groups is 3. The van der Waals surface area contributed by atoms with Crippen LogP contribution in [-0.2, 0) is 17.8 Å². The molecule has 0 radical (unpaired) electrons. The molecule has 3 amide bonds. The molecule has 0 aliphatic carbocycles. The molecule has 7 nitrogen and oxygen atoms in total. The summed E-state index contributed by atoms with van der Waals surface area (Å²) < 4.78 is 18.9. The Bertz CT molecular complexity index is 1250. The predicted octanol–water partition coefficient (Wildman–Crippen LogP) is 4.08. The van der Waals surface area contributed by atoms with E-state index in [2.05, 4.69) is 5.16 Å². The molecule has 0 bridgehead atoms. The van der Waals surface area contributed by atoms with Crippen molar-refractivity contribution in [2.24, 2.45) is 5.92 Å². The summed E-state index contributed by atoms with van der Waals surface area (Å²) in [6.45, 7) is 4.45. The molecule has 3 aromatic rings. The maximum atomic E-state index is 13.8. The van der Waals surface area contributed by atoms with Crippen LogP contribution in [0, 0.1) is 11.7 Å². The molecule has 34 heavy (non-hydrogen) atoms. The minimum absolute atomic E-state index is 0.227. The van der Waals surface area contributed by atoms with Crippen LogP contribution in [-0.4, -0.2) is 45.3 Å². The first-order valence-corrected chi connectivity index (χ1v) is 11.4. The van der Waals surface area contributed by atoms with Gasteiger partial charge in [0.2, 0.25) is 5.91 Å². The van der Waals surface area contributed by atoms with Gasteiger partial charge in [-0.1, -0.05) is 37.6 Å². The van der Waals surface area contributed by atoms with E-state index >= 15 is 0 Å². The summed E-state index contributed by atoms with van der Waals surface area (Å²) in [5, 5.41) is 4.15. The van der Waals surface area contributed by atoms with Crippen molar-refractivity contribution in [3.63, 3.8) is 0 Å². The summed E-state index contributed by atoms with van der Waals surface area (Å²) in [7, 11) is 0. The third-order valence-electron chi connectivity index (χ3n) is 6.79. The Kier molecular flexibility index (Phi) is 5.51. The number of aromatic nitrogens is 1. The zero-order valence-electron chi connectivity index (χ0n) is 19.0. The van der Waals surface area contributed by atoms with E-state index in [0.29, 0.717) is 41.8 Å². The van der Waals surface area contributed by atoms with E-state index in [4.69, 9.17) is 4.52 Å². The number of carbonyl (C=O) groups excluding carboxylic acids is 3. The van der Waals surface area contributed by atoms with Crippen molar-refractivity contribution in [1.82, 2.24) is 15.0 Å². The van der Waals surface area contributed by atoms with Crippen LogP contribution in [0.2, 0.25) is 0 Å². The average molecular weight is 461 g/mol. The van der Waals surface area contributed by atoms with E-state index in [1.807, 2.05) is 13.8 Å². The quantitative estimate of drug-likeness (QED) is 0.535. The summed E-state index contributed by atoms with van der Waals surface area (Å²) in [4.78, 5) is 42.9. The van der Waals surface area contributed by atoms with Gasteiger partial charge in [-0.05, 0) is 42.3 Å². The van der Waals surface area contributed by atoms with Crippen molar-refractivity contribution >= 4 is 17.7 Å². The van der Waals surface area contributed by atoms with Gasteiger partial charge in [0.25, 0.3) is 11.8 Å². The van der Waals surface area contributed by atoms with Crippen LogP contribution >= 0.6 is 0 Å². The van der Waals surface area contributed by atoms with E-state index in [1.165, 1.54) is 12.1 Å². The van der Waals surface area contributed by atoms with Gasteiger partial charge in [0, 0.05) is 24.1 Å². The molecule has 8 heteroatoms. The number of hydrogen-bond donors (Lipinski definition) is 0. The Labute approximate surface area is 196 Å². The first kappa shape index (κ1) is 22.0. The van der Waals surface area contributed by atoms with Crippen LogP contribution in [0.25, 0.3) is 11.3 Å². The number of rotatable bonds is 5. The first-order valence-electron chi connectivity index (χ1n) is 11.4. The molecule has 0 spiro atoms. The lowest BCUT2D eigenvalue weighted by Gasteiger charge is -2.35. The second kappa shape index (κ2) is 8.52. The summed E-state index contributed by atoms with van der Waals surface area (Å²) in [6, 6.07) is 11.7. The van der Waals surface area contributed by atoms with Crippen LogP contribution in [0.5, 0.6) is 0 Å². The van der Waals surface area contributed by atoms with Gasteiger partial charge in [0.15, 0.2) is 5.76 Å². The van der Waals surface area contributed by atoms with Crippen LogP contribution < -0.4 is 0 Å². The molecular weight excluding hydrogens is 437 g/mol. The predicted molar refractivity (Wildman–Crippen MR) is 121 cm³/mol. The first-order chi connectivity index (χ1) is 16.4. The highest BCUT2D eigenvalue weighted by atomic mass is 19.1. The molecule has 2 aromatic carbocycles. The molecule has 2 aliphatic rings. The maximum Gasteiger partial charge on any atom is 0.262 e. The average Bonchev–Trinajstić information content (AvgIpc) is 3.39. The van der Waals surface area contributed by atoms with Crippen molar-refractivity contribution in [3.8, 4) is 11.3 Å². The van der Waals surface area contributed by atoms with Gasteiger partial charge in [-0.25, -0.2) is 4.39 Å². The second-order valence-corrected chi connectivity index (χ2v) is 8.81. The van der Waals surface area contributed by atoms with Crippen LogP contribution in [0.1, 0.15) is 52.2 Å². The molecule has 2 atom stereocenters. The van der Waals surface area contributed by atoms with Gasteiger partial charge >= 0.3 is 0 Å². The third-order valence-corrected chi connectivity index (χ3v) is 6.79. The lowest BCUT2D eigenvalue weighted by molar-refractivity contribution is -0.138. The van der Waals surface area contributed by atoms with Crippen molar-refractivity contribution < 1.29 is 23.3 Å². The normalized spacial score (nSPS) is 16.9. The molecule has 2 aliphatic heterocycles. The van der Waals surface area contributed by atoms with E-state index in [-0.39, 0.29) is 24.2 Å². The molecule has 1 aromatic heterocycles. The lowest BCUT2D eigenvalue weighted by atomic mass is 9.94. The number of nitrogens with zero attached hydrogens (tertiary/aromatic N) is 3. The molecule has 0 saturated heterocycles. The maximum absolute atomic E-state index is 13.8. The van der Waals surface area contributed by atoms with Gasteiger partial charge in [-0.2, -0.15) is 0 Å². The van der Waals surface area contributed by atoms with Gasteiger partial charge in [-0.15, -0.1) is 0 Å². The number of fused-ring (bicyclic) bond motifs is 2. The summed E-state index contributed by atoms with van der Waals surface area (Å²) in [5.41, 5.74) is 2.84. The van der Waals surface area contributed by atoms with Crippen LogP contribution in [0.15, 0.2) is 53.1 Å². The van der Waals surface area contributed by atoms with E-state index in [0.717, 1.165) is 16.2 Å². The standard InChI is InChI=1S/C26H24FN3O4/c1-3-15(2)22(30-24(31)18-6-4-5-7-19(18)25(30)32)26(33)29-13-12-21-20(14-29)23(34-28-21)16-8-10-17(27)11-9-16/h4-11,15,22H,3,12-14H2,1-2H3. The Morgan fingerprint density at radius 3 is 2.35 bits per heavy atom. The second-order valence-electron chi connectivity index (χ2n) is 8.81. The topological polar surface area (TPSA) is 83.7 Å². The number of imide groups is 1. The highest BCUT2D eigenvalue weighted by Crippen LogP contribution is 2.33. The summed E-state index contributed by atoms with van der Waals surface area (Å²) in [5.74, 6) is -1.24. The van der Waals surface area contributed by atoms with Gasteiger partial charge in [0.05, 0.1) is 23.4 Å². The van der Waals surface area contributed by atoms with Crippen molar-refractivity contribution in [3.05, 3.63) is 76.7 Å². The molecule has 0 saturated carbocycles. The minimum atomic E-state index is -0.909. The fourth-order valence-corrected chi connectivity index (χ4v) is 4.71. The molecule has 5 rings (SSSR count). The highest BCUT2D eigenvalue weighted by Gasteiger charge is 2.46. The molecular formula is C26H24FN3O4. The minimum Gasteiger partial charge on any atom is -0.356 e. The van der Waals surface area contributed by atoms with Crippen LogP contribution in [0.4, 0.5) is 4.39 Å². The number of hydrogen-bond acceptors (Lipinski definition) is 5. The lowest BCUT2D eigenvalue weighted by Crippen LogP contribution is -2.54. The zero-order valence-corrected chi connectivity index (χ0v) is 19.0. The van der Waals surface area contributed by atoms with E-state index in [9.17, 15) is 18.8 Å². The van der Waals surface area contributed by atoms with Gasteiger partial charge < -0.3 is 9.42 Å². The molecule has 174 valence electrons. The third kappa shape index (κ3) is 3.50. The van der Waals surface area contributed by atoms with E-state index in [1.54, 1.807) is 41.3 Å². The fraction of sp³-hybridized carbons (Fsp3) is 0.308. The largest absolute Gasteiger partial charge is 0.356 e. The zero-order chi connectivity index (χ0) is 24.0. The Hall–Kier alpha value is -3.81. The molecule has 3 heterocycles. The number of halogens is 1. The molecule has 2 unspecified atom stereocenters. The summed E-state index contributed by atoms with van der Waals surface area (Å²) >= 11 is 0. The van der Waals surface area contributed by atoms with Crippen LogP contribution in [0.3, 0.4) is 0 Å². The Morgan fingerprint density at radius 2 is 1.74 bits per heavy atom. The number of amides is 3. The highest BCUT2D eigenvalue weighted by molar-refractivity contribution is 6.22. The van der Waals surface area contributed by atoms with Crippen molar-refractivity contribution in [2.75, 3.05) is 6.54 Å². The molecule has 0 N–H and O–H groups in total. The Balaban J connectivity index is 1.46. The fourth-order valence-electron chi connectivity index (χ4n) is 4.71. The smallest absolute Gasteiger partial charge is 0.262 e. The SMILES string of the molecule is CCC(C)C(C(=O)N1CCc2noc(-c3ccc(F)cc3)c2C1)N1C(=O)c2ccccc2C1=O. The van der Waals surface area contributed by atoms with E-state index < -0.39 is 17.9 Å². The Morgan fingerprint density at radius 1 is 1.09 bits per heavy atom. The monoisotopic (exact) mass is 461 g/mol. The van der Waals surface area contributed by atoms with Gasteiger partial charge in [-0.3, -0.25) is 19.3 Å². The van der Waals surface area contributed by atoms with Crippen molar-refractivity contribution in [2.45, 2.75) is 39.3 Å². The molecule has 0 fully saturated rings. The van der Waals surface area contributed by atoms with Gasteiger partial charge in [0.1, 0.15) is 11.9 Å². The summed E-state index contributed by atoms with van der Waals surface area (Å²) in [6.07, 6.45) is 1.11. The van der Waals surface area contributed by atoms with Crippen molar-refractivity contribution in [1.29, 1.82) is 0 Å².